The van der Waals surface area contributed by atoms with Gasteiger partial charge in [-0.3, -0.25) is 0 Å². The van der Waals surface area contributed by atoms with Crippen molar-refractivity contribution in [3.63, 3.8) is 0 Å². The van der Waals surface area contributed by atoms with Gasteiger partial charge in [0.1, 0.15) is 11.7 Å². The second-order valence-electron chi connectivity index (χ2n) is 8.08. The van der Waals surface area contributed by atoms with Gasteiger partial charge in [-0.2, -0.15) is 0 Å². The lowest BCUT2D eigenvalue weighted by Crippen LogP contribution is -2.53. The topological polar surface area (TPSA) is 74.2 Å². The number of carbonyl (C=O) groups is 1. The van der Waals surface area contributed by atoms with Crippen LogP contribution in [0, 0.1) is 0 Å². The number of methoxy groups -OCH3 is 1. The van der Waals surface area contributed by atoms with Crippen LogP contribution in [0.4, 0.5) is 0 Å². The van der Waals surface area contributed by atoms with Gasteiger partial charge in [-0.15, -0.1) is 0 Å². The molecule has 33 heavy (non-hydrogen) atoms. The van der Waals surface area contributed by atoms with Crippen molar-refractivity contribution in [1.82, 2.24) is 0 Å². The molecule has 4 rings (SSSR count). The first kappa shape index (κ1) is 23.1. The zero-order valence-corrected chi connectivity index (χ0v) is 18.5. The second-order valence-corrected chi connectivity index (χ2v) is 8.08. The molecule has 6 nitrogen and oxygen atoms in total. The van der Waals surface area contributed by atoms with E-state index in [2.05, 4.69) is 0 Å². The molecule has 0 amide bonds. The van der Waals surface area contributed by atoms with Crippen LogP contribution in [0.15, 0.2) is 91.0 Å². The molecular formula is C27H28O6. The van der Waals surface area contributed by atoms with Gasteiger partial charge < -0.3 is 24.1 Å². The van der Waals surface area contributed by atoms with Crippen molar-refractivity contribution in [1.29, 1.82) is 0 Å². The van der Waals surface area contributed by atoms with Crippen molar-refractivity contribution >= 4 is 5.97 Å². The zero-order chi connectivity index (χ0) is 23.1. The second kappa shape index (κ2) is 10.7. The van der Waals surface area contributed by atoms with E-state index in [0.717, 1.165) is 11.1 Å². The highest BCUT2D eigenvalue weighted by Crippen LogP contribution is 2.37. The Hall–Kier alpha value is -3.03. The Kier molecular flexibility index (Phi) is 7.52. The standard InChI is InChI=1S/C27H28O6/c1-30-26-24(33-25(28)22-15-9-4-10-16-22)27(29,17-20-11-5-2-6-12-20)23(32-26)19-31-18-21-13-7-3-8-14-21/h2-16,23-24,26,29H,17-19H2,1H3/t23-,24+,26-,27+/m1/s1. The molecule has 0 spiro atoms. The first-order chi connectivity index (χ1) is 16.1. The number of benzene rings is 3. The molecule has 0 aliphatic carbocycles. The average molecular weight is 449 g/mol. The van der Waals surface area contributed by atoms with Gasteiger partial charge in [0.15, 0.2) is 12.4 Å². The average Bonchev–Trinajstić information content (AvgIpc) is 3.11. The van der Waals surface area contributed by atoms with Crippen molar-refractivity contribution in [3.05, 3.63) is 108 Å². The van der Waals surface area contributed by atoms with Crippen LogP contribution in [0.5, 0.6) is 0 Å². The fraction of sp³-hybridized carbons (Fsp3) is 0.296. The number of hydrogen-bond acceptors (Lipinski definition) is 6. The molecule has 1 aliphatic heterocycles. The van der Waals surface area contributed by atoms with Crippen LogP contribution in [0.1, 0.15) is 21.5 Å². The zero-order valence-electron chi connectivity index (χ0n) is 18.5. The summed E-state index contributed by atoms with van der Waals surface area (Å²) in [5, 5.41) is 11.9. The number of ether oxygens (including phenoxy) is 4. The number of esters is 1. The summed E-state index contributed by atoms with van der Waals surface area (Å²) in [5.74, 6) is -0.552. The van der Waals surface area contributed by atoms with E-state index in [4.69, 9.17) is 18.9 Å². The van der Waals surface area contributed by atoms with E-state index in [1.165, 1.54) is 7.11 Å². The van der Waals surface area contributed by atoms with E-state index in [1.54, 1.807) is 24.3 Å². The summed E-state index contributed by atoms with van der Waals surface area (Å²) < 4.78 is 23.2. The highest BCUT2D eigenvalue weighted by atomic mass is 16.7. The minimum absolute atomic E-state index is 0.109. The van der Waals surface area contributed by atoms with E-state index >= 15 is 0 Å². The minimum atomic E-state index is -1.55. The van der Waals surface area contributed by atoms with Crippen molar-refractivity contribution in [2.75, 3.05) is 13.7 Å². The summed E-state index contributed by atoms with van der Waals surface area (Å²) in [6.45, 7) is 0.478. The van der Waals surface area contributed by atoms with Crippen LogP contribution in [0.25, 0.3) is 0 Å². The largest absolute Gasteiger partial charge is 0.450 e. The molecule has 0 radical (unpaired) electrons. The summed E-state index contributed by atoms with van der Waals surface area (Å²) in [7, 11) is 1.46. The quantitative estimate of drug-likeness (QED) is 0.503. The lowest BCUT2D eigenvalue weighted by Gasteiger charge is -2.33. The van der Waals surface area contributed by atoms with Gasteiger partial charge in [-0.05, 0) is 23.3 Å². The smallest absolute Gasteiger partial charge is 0.338 e. The van der Waals surface area contributed by atoms with Gasteiger partial charge in [0.2, 0.25) is 0 Å². The van der Waals surface area contributed by atoms with Gasteiger partial charge in [-0.1, -0.05) is 78.9 Å². The van der Waals surface area contributed by atoms with Gasteiger partial charge >= 0.3 is 5.97 Å². The number of aliphatic hydroxyl groups is 1. The molecule has 3 aromatic carbocycles. The van der Waals surface area contributed by atoms with Crippen LogP contribution in [0.2, 0.25) is 0 Å². The fourth-order valence-corrected chi connectivity index (χ4v) is 4.04. The van der Waals surface area contributed by atoms with Gasteiger partial charge in [0.05, 0.1) is 18.8 Å². The molecular weight excluding hydrogens is 420 g/mol. The molecule has 6 heteroatoms. The van der Waals surface area contributed by atoms with Crippen LogP contribution >= 0.6 is 0 Å². The maximum atomic E-state index is 12.8. The Morgan fingerprint density at radius 2 is 1.48 bits per heavy atom. The summed E-state index contributed by atoms with van der Waals surface area (Å²) in [5.41, 5.74) is 0.730. The van der Waals surface area contributed by atoms with Gasteiger partial charge in [-0.25, -0.2) is 4.79 Å². The predicted molar refractivity (Wildman–Crippen MR) is 123 cm³/mol. The first-order valence-corrected chi connectivity index (χ1v) is 10.9. The van der Waals surface area contributed by atoms with E-state index in [9.17, 15) is 9.90 Å². The molecule has 3 aromatic rings. The highest BCUT2D eigenvalue weighted by molar-refractivity contribution is 5.89. The molecule has 4 atom stereocenters. The van der Waals surface area contributed by atoms with Crippen molar-refractivity contribution < 1.29 is 28.8 Å². The number of rotatable bonds is 9. The Balaban J connectivity index is 1.56. The first-order valence-electron chi connectivity index (χ1n) is 10.9. The monoisotopic (exact) mass is 448 g/mol. The van der Waals surface area contributed by atoms with E-state index in [1.807, 2.05) is 66.7 Å². The lowest BCUT2D eigenvalue weighted by molar-refractivity contribution is -0.158. The molecule has 1 N–H and O–H groups in total. The van der Waals surface area contributed by atoms with E-state index in [-0.39, 0.29) is 13.0 Å². The minimum Gasteiger partial charge on any atom is -0.450 e. The molecule has 172 valence electrons. The molecule has 0 unspecified atom stereocenters. The maximum Gasteiger partial charge on any atom is 0.338 e. The van der Waals surface area contributed by atoms with E-state index < -0.39 is 30.1 Å². The highest BCUT2D eigenvalue weighted by Gasteiger charge is 2.58. The maximum absolute atomic E-state index is 12.8. The summed E-state index contributed by atoms with van der Waals surface area (Å²) in [6, 6.07) is 27.9. The summed E-state index contributed by atoms with van der Waals surface area (Å²) in [4.78, 5) is 12.8. The van der Waals surface area contributed by atoms with Crippen LogP contribution < -0.4 is 0 Å². The Morgan fingerprint density at radius 1 is 0.909 bits per heavy atom. The molecule has 0 saturated carbocycles. The summed E-state index contributed by atoms with van der Waals surface area (Å²) >= 11 is 0. The Labute approximate surface area is 193 Å². The van der Waals surface area contributed by atoms with Crippen molar-refractivity contribution in [2.24, 2.45) is 0 Å². The normalized spacial score (nSPS) is 24.5. The molecule has 1 heterocycles. The van der Waals surface area contributed by atoms with Crippen LogP contribution in [-0.2, 0) is 32.0 Å². The van der Waals surface area contributed by atoms with E-state index in [0.29, 0.717) is 12.2 Å². The molecule has 1 fully saturated rings. The lowest BCUT2D eigenvalue weighted by atomic mass is 9.85. The Morgan fingerprint density at radius 3 is 2.09 bits per heavy atom. The SMILES string of the molecule is CO[C@@H]1O[C@H](COCc2ccccc2)[C@@](O)(Cc2ccccc2)[C@H]1OC(=O)c1ccccc1. The molecule has 1 saturated heterocycles. The molecule has 0 bridgehead atoms. The van der Waals surface area contributed by atoms with Crippen molar-refractivity contribution in [3.8, 4) is 0 Å². The number of hydrogen-bond donors (Lipinski definition) is 1. The molecule has 0 aromatic heterocycles. The van der Waals surface area contributed by atoms with Crippen LogP contribution in [-0.4, -0.2) is 48.9 Å². The molecule has 1 aliphatic rings. The van der Waals surface area contributed by atoms with Gasteiger partial charge in [0.25, 0.3) is 0 Å². The third-order valence-electron chi connectivity index (χ3n) is 5.78. The van der Waals surface area contributed by atoms with Crippen molar-refractivity contribution in [2.45, 2.75) is 37.1 Å². The predicted octanol–water partition coefficient (Wildman–Crippen LogP) is 3.77. The van der Waals surface area contributed by atoms with Gasteiger partial charge in [0, 0.05) is 13.5 Å². The number of carbonyl (C=O) groups excluding carboxylic acids is 1. The fourth-order valence-electron chi connectivity index (χ4n) is 4.04. The third-order valence-corrected chi connectivity index (χ3v) is 5.78. The third kappa shape index (κ3) is 5.49. The Bertz CT molecular complexity index is 1010. The van der Waals surface area contributed by atoms with Crippen LogP contribution in [0.3, 0.4) is 0 Å². The summed E-state index contributed by atoms with van der Waals surface area (Å²) in [6.07, 6.45) is -2.53.